The van der Waals surface area contributed by atoms with Crippen LogP contribution in [-0.2, 0) is 17.3 Å². The van der Waals surface area contributed by atoms with Crippen molar-refractivity contribution in [1.82, 2.24) is 14.8 Å². The molecule has 1 aromatic carbocycles. The Morgan fingerprint density at radius 3 is 2.58 bits per heavy atom. The van der Waals surface area contributed by atoms with Crippen molar-refractivity contribution in [3.8, 4) is 0 Å². The van der Waals surface area contributed by atoms with Crippen molar-refractivity contribution in [3.05, 3.63) is 47.8 Å². The Balaban J connectivity index is 1.72. The van der Waals surface area contributed by atoms with Crippen LogP contribution in [-0.4, -0.2) is 41.9 Å². The normalized spacial score (nSPS) is 16.4. The molecule has 0 bridgehead atoms. The van der Waals surface area contributed by atoms with Crippen LogP contribution in [0.5, 0.6) is 0 Å². The molecule has 1 saturated carbocycles. The Bertz CT molecular complexity index is 1250. The molecule has 12 heteroatoms. The SMILES string of the molecule is CCS(=O)C(=Nc1cc2cnn(CC(F)(F)C(F)(F)F)c2cn1)c1cc(C2CC2)ccc1N. The van der Waals surface area contributed by atoms with Crippen LogP contribution in [0.25, 0.3) is 10.9 Å². The molecule has 1 atom stereocenters. The van der Waals surface area contributed by atoms with Crippen LogP contribution < -0.4 is 5.73 Å². The number of halogens is 5. The number of aromatic nitrogens is 3. The second-order valence-corrected chi connectivity index (χ2v) is 9.43. The summed E-state index contributed by atoms with van der Waals surface area (Å²) in [4.78, 5) is 8.48. The summed E-state index contributed by atoms with van der Waals surface area (Å²) in [5.74, 6) is -4.12. The maximum Gasteiger partial charge on any atom is 0.455 e. The van der Waals surface area contributed by atoms with Crippen LogP contribution in [0.4, 0.5) is 33.5 Å². The smallest absolute Gasteiger partial charge is 0.398 e. The summed E-state index contributed by atoms with van der Waals surface area (Å²) in [5.41, 5.74) is 8.14. The summed E-state index contributed by atoms with van der Waals surface area (Å²) in [5, 5.41) is 4.13. The number of hydrogen-bond donors (Lipinski definition) is 1. The number of nitrogen functional groups attached to an aromatic ring is 1. The molecule has 2 heterocycles. The fraction of sp³-hybridized carbons (Fsp3) is 0.381. The van der Waals surface area contributed by atoms with Gasteiger partial charge in [-0.2, -0.15) is 27.1 Å². The standard InChI is InChI=1S/C21H20F5N5OS/c1-2-33(32)19(15-7-13(12-3-4-12)5-6-16(15)27)30-18-8-14-9-29-31(17(14)10-28-18)11-20(22,23)21(24,25)26/h5-10,12H,2-4,11,27H2,1H3. The van der Waals surface area contributed by atoms with Gasteiger partial charge in [0.15, 0.2) is 5.82 Å². The summed E-state index contributed by atoms with van der Waals surface area (Å²) in [6, 6.07) is 6.93. The maximum absolute atomic E-state index is 13.4. The number of nitrogens with two attached hydrogens (primary N) is 1. The van der Waals surface area contributed by atoms with Crippen LogP contribution in [0.1, 0.15) is 36.8 Å². The molecule has 4 rings (SSSR count). The highest BCUT2D eigenvalue weighted by Gasteiger charge is 2.57. The largest absolute Gasteiger partial charge is 0.455 e. The summed E-state index contributed by atoms with van der Waals surface area (Å²) in [7, 11) is -1.49. The van der Waals surface area contributed by atoms with Crippen LogP contribution in [0.3, 0.4) is 0 Å². The lowest BCUT2D eigenvalue weighted by molar-refractivity contribution is -0.287. The molecule has 0 aliphatic heterocycles. The van der Waals surface area contributed by atoms with Gasteiger partial charge >= 0.3 is 12.1 Å². The monoisotopic (exact) mass is 485 g/mol. The number of alkyl halides is 5. The molecule has 1 unspecified atom stereocenters. The first-order valence-corrected chi connectivity index (χ1v) is 11.4. The molecular weight excluding hydrogens is 465 g/mol. The Morgan fingerprint density at radius 2 is 1.94 bits per heavy atom. The van der Waals surface area contributed by atoms with Crippen molar-refractivity contribution in [1.29, 1.82) is 0 Å². The van der Waals surface area contributed by atoms with Crippen molar-refractivity contribution in [2.45, 2.75) is 44.3 Å². The van der Waals surface area contributed by atoms with Crippen molar-refractivity contribution < 1.29 is 26.2 Å². The molecule has 33 heavy (non-hydrogen) atoms. The lowest BCUT2D eigenvalue weighted by Crippen LogP contribution is -2.40. The first kappa shape index (κ1) is 23.3. The molecule has 0 amide bonds. The van der Waals surface area contributed by atoms with Gasteiger partial charge in [0, 0.05) is 22.4 Å². The van der Waals surface area contributed by atoms with Gasteiger partial charge in [-0.1, -0.05) is 13.0 Å². The number of fused-ring (bicyclic) bond motifs is 1. The lowest BCUT2D eigenvalue weighted by Gasteiger charge is -2.19. The second-order valence-electron chi connectivity index (χ2n) is 7.78. The van der Waals surface area contributed by atoms with E-state index in [1.165, 1.54) is 6.07 Å². The summed E-state index contributed by atoms with van der Waals surface area (Å²) >= 11 is 0. The van der Waals surface area contributed by atoms with Gasteiger partial charge in [-0.25, -0.2) is 9.98 Å². The quantitative estimate of drug-likeness (QED) is 0.232. The van der Waals surface area contributed by atoms with Crippen molar-refractivity contribution in [2.24, 2.45) is 4.99 Å². The zero-order valence-electron chi connectivity index (χ0n) is 17.4. The van der Waals surface area contributed by atoms with Gasteiger partial charge in [0.05, 0.1) is 28.7 Å². The van der Waals surface area contributed by atoms with Gasteiger partial charge in [0.2, 0.25) is 0 Å². The van der Waals surface area contributed by atoms with E-state index in [0.29, 0.717) is 21.9 Å². The first-order chi connectivity index (χ1) is 15.5. The highest BCUT2D eigenvalue weighted by Crippen LogP contribution is 2.41. The molecule has 176 valence electrons. The van der Waals surface area contributed by atoms with Gasteiger partial charge in [0.1, 0.15) is 11.6 Å². The predicted octanol–water partition coefficient (Wildman–Crippen LogP) is 4.94. The van der Waals surface area contributed by atoms with Crippen LogP contribution in [0, 0.1) is 0 Å². The van der Waals surface area contributed by atoms with E-state index in [9.17, 15) is 26.2 Å². The molecule has 1 aliphatic rings. The molecule has 0 spiro atoms. The van der Waals surface area contributed by atoms with Crippen LogP contribution in [0.2, 0.25) is 0 Å². The highest BCUT2D eigenvalue weighted by atomic mass is 32.2. The van der Waals surface area contributed by atoms with E-state index in [1.54, 1.807) is 13.0 Å². The molecular formula is C21H20F5N5OS. The fourth-order valence-corrected chi connectivity index (χ4v) is 4.23. The minimum atomic E-state index is -5.70. The van der Waals surface area contributed by atoms with E-state index >= 15 is 0 Å². The topological polar surface area (TPSA) is 86.2 Å². The third-order valence-corrected chi connectivity index (χ3v) is 6.59. The lowest BCUT2D eigenvalue weighted by atomic mass is 10.1. The number of anilines is 1. The predicted molar refractivity (Wildman–Crippen MR) is 116 cm³/mol. The van der Waals surface area contributed by atoms with Gasteiger partial charge in [-0.15, -0.1) is 0 Å². The summed E-state index contributed by atoms with van der Waals surface area (Å²) in [6.45, 7) is 0.0634. The van der Waals surface area contributed by atoms with E-state index < -0.39 is 29.4 Å². The Kier molecular flexibility index (Phi) is 5.97. The van der Waals surface area contributed by atoms with Gasteiger partial charge < -0.3 is 5.73 Å². The second kappa shape index (κ2) is 8.47. The average Bonchev–Trinajstić information content (AvgIpc) is 3.53. The molecule has 3 aromatic rings. The Hall–Kier alpha value is -2.89. The minimum absolute atomic E-state index is 0.00807. The zero-order valence-corrected chi connectivity index (χ0v) is 18.3. The van der Waals surface area contributed by atoms with Crippen LogP contribution in [0.15, 0.2) is 41.7 Å². The molecule has 0 saturated heterocycles. The molecule has 2 N–H and O–H groups in total. The summed E-state index contributed by atoms with van der Waals surface area (Å²) in [6.07, 6.45) is -1.29. The molecule has 1 aliphatic carbocycles. The highest BCUT2D eigenvalue weighted by molar-refractivity contribution is 8.01. The number of aliphatic imine (C=N–C) groups is 1. The number of nitrogens with zero attached hydrogens (tertiary/aromatic N) is 4. The van der Waals surface area contributed by atoms with E-state index in [4.69, 9.17) is 5.73 Å². The van der Waals surface area contributed by atoms with E-state index in [-0.39, 0.29) is 27.5 Å². The van der Waals surface area contributed by atoms with Gasteiger partial charge in [0.25, 0.3) is 0 Å². The maximum atomic E-state index is 13.4. The average molecular weight is 485 g/mol. The first-order valence-electron chi connectivity index (χ1n) is 10.1. The number of benzene rings is 1. The van der Waals surface area contributed by atoms with Gasteiger partial charge in [-0.3, -0.25) is 8.89 Å². The fourth-order valence-electron chi connectivity index (χ4n) is 3.33. The number of pyridine rings is 1. The minimum Gasteiger partial charge on any atom is -0.398 e. The third-order valence-electron chi connectivity index (χ3n) is 5.33. The van der Waals surface area contributed by atoms with Crippen molar-refractivity contribution in [3.63, 3.8) is 0 Å². The van der Waals surface area contributed by atoms with Crippen molar-refractivity contribution in [2.75, 3.05) is 11.5 Å². The molecule has 2 aromatic heterocycles. The van der Waals surface area contributed by atoms with Crippen molar-refractivity contribution >= 4 is 38.3 Å². The number of hydrogen-bond acceptors (Lipinski definition) is 5. The third kappa shape index (κ3) is 4.75. The number of rotatable bonds is 6. The summed E-state index contributed by atoms with van der Waals surface area (Å²) < 4.78 is 77.9. The van der Waals surface area contributed by atoms with E-state index in [1.807, 2.05) is 12.1 Å². The van der Waals surface area contributed by atoms with E-state index in [2.05, 4.69) is 15.1 Å². The van der Waals surface area contributed by atoms with E-state index in [0.717, 1.165) is 30.8 Å². The molecule has 0 radical (unpaired) electrons. The zero-order chi connectivity index (χ0) is 24.0. The Labute approximate surface area is 188 Å². The molecule has 1 fully saturated rings. The van der Waals surface area contributed by atoms with Gasteiger partial charge in [-0.05, 0) is 42.5 Å². The Morgan fingerprint density at radius 1 is 1.21 bits per heavy atom. The molecule has 6 nitrogen and oxygen atoms in total. The van der Waals surface area contributed by atoms with Crippen LogP contribution >= 0.6 is 0 Å².